The molecule has 8 heteroatoms. The van der Waals surface area contributed by atoms with E-state index in [4.69, 9.17) is 21.1 Å². The number of ether oxygens (including phenoxy) is 2. The monoisotopic (exact) mass is 450 g/mol. The molecule has 1 N–H and O–H groups in total. The number of imide groups is 1. The molecular weight excluding hydrogens is 435 g/mol. The molecule has 2 aliphatic heterocycles. The Morgan fingerprint density at radius 2 is 1.59 bits per heavy atom. The number of para-hydroxylation sites is 1. The first-order valence-corrected chi connectivity index (χ1v) is 10.2. The van der Waals surface area contributed by atoms with Crippen LogP contribution in [0.5, 0.6) is 11.5 Å². The van der Waals surface area contributed by atoms with Crippen molar-refractivity contribution in [1.29, 1.82) is 0 Å². The molecule has 160 valence electrons. The van der Waals surface area contributed by atoms with Gasteiger partial charge >= 0.3 is 0 Å². The van der Waals surface area contributed by atoms with Crippen molar-refractivity contribution in [3.05, 3.63) is 88.8 Å². The third-order valence-corrected chi connectivity index (χ3v) is 5.37. The number of anilines is 2. The average molecular weight is 451 g/mol. The molecule has 0 atom stereocenters. The first kappa shape index (κ1) is 20.1. The fourth-order valence-corrected chi connectivity index (χ4v) is 3.77. The van der Waals surface area contributed by atoms with E-state index < -0.39 is 17.6 Å². The lowest BCUT2D eigenvalue weighted by Gasteiger charge is -2.19. The highest BCUT2D eigenvalue weighted by molar-refractivity contribution is 6.46. The number of halogens is 2. The number of amides is 2. The summed E-state index contributed by atoms with van der Waals surface area (Å²) in [5.41, 5.74) is 1.02. The van der Waals surface area contributed by atoms with Gasteiger partial charge in [0.05, 0.1) is 11.3 Å². The number of carbonyl (C=O) groups excluding carboxylic acids is 2. The van der Waals surface area contributed by atoms with Crippen LogP contribution in [0.3, 0.4) is 0 Å². The maximum Gasteiger partial charge on any atom is 0.282 e. The lowest BCUT2D eigenvalue weighted by atomic mass is 10.0. The zero-order valence-corrected chi connectivity index (χ0v) is 17.4. The zero-order valence-electron chi connectivity index (χ0n) is 16.6. The van der Waals surface area contributed by atoms with Gasteiger partial charge in [0.15, 0.2) is 11.5 Å². The molecule has 0 fully saturated rings. The minimum absolute atomic E-state index is 0.0252. The van der Waals surface area contributed by atoms with Crippen LogP contribution in [0.4, 0.5) is 15.8 Å². The molecule has 6 nitrogen and oxygen atoms in total. The van der Waals surface area contributed by atoms with Crippen LogP contribution in [0.1, 0.15) is 5.56 Å². The molecule has 0 saturated carbocycles. The summed E-state index contributed by atoms with van der Waals surface area (Å²) >= 11 is 5.99. The fraction of sp³-hybridized carbons (Fsp3) is 0.0833. The molecule has 5 rings (SSSR count). The van der Waals surface area contributed by atoms with E-state index in [1.807, 2.05) is 0 Å². The Bertz CT molecular complexity index is 1270. The summed E-state index contributed by atoms with van der Waals surface area (Å²) < 4.78 is 25.6. The van der Waals surface area contributed by atoms with Crippen molar-refractivity contribution >= 4 is 40.4 Å². The van der Waals surface area contributed by atoms with Gasteiger partial charge in [0.25, 0.3) is 11.8 Å². The third-order valence-electron chi connectivity index (χ3n) is 5.12. The number of hydrogen-bond acceptors (Lipinski definition) is 5. The van der Waals surface area contributed by atoms with Crippen LogP contribution in [0.25, 0.3) is 5.57 Å². The van der Waals surface area contributed by atoms with E-state index in [9.17, 15) is 14.0 Å². The number of carbonyl (C=O) groups is 2. The standard InChI is InChI=1S/C24H16ClFN2O4/c25-15-7-5-14(6-8-15)21-22(27-16-9-10-19-20(13-16)32-12-11-31-19)24(30)28(23(21)29)18-4-2-1-3-17(18)26/h1-10,13,27H,11-12H2. The molecule has 0 unspecified atom stereocenters. The van der Waals surface area contributed by atoms with Crippen LogP contribution in [0, 0.1) is 5.82 Å². The van der Waals surface area contributed by atoms with Gasteiger partial charge in [-0.3, -0.25) is 9.59 Å². The minimum Gasteiger partial charge on any atom is -0.486 e. The maximum atomic E-state index is 14.5. The first-order chi connectivity index (χ1) is 15.5. The smallest absolute Gasteiger partial charge is 0.282 e. The van der Waals surface area contributed by atoms with Crippen LogP contribution < -0.4 is 19.7 Å². The van der Waals surface area contributed by atoms with Crippen LogP contribution in [-0.4, -0.2) is 25.0 Å². The number of nitrogens with one attached hydrogen (secondary N) is 1. The molecule has 2 amide bonds. The van der Waals surface area contributed by atoms with E-state index in [-0.39, 0.29) is 17.0 Å². The largest absolute Gasteiger partial charge is 0.486 e. The van der Waals surface area contributed by atoms with Gasteiger partial charge in [-0.2, -0.15) is 0 Å². The quantitative estimate of drug-likeness (QED) is 0.586. The Morgan fingerprint density at radius 3 is 2.34 bits per heavy atom. The lowest BCUT2D eigenvalue weighted by molar-refractivity contribution is -0.120. The van der Waals surface area contributed by atoms with E-state index in [1.165, 1.54) is 18.2 Å². The second kappa shape index (κ2) is 8.01. The highest BCUT2D eigenvalue weighted by atomic mass is 35.5. The van der Waals surface area contributed by atoms with Crippen LogP contribution in [0.15, 0.2) is 72.4 Å². The molecule has 0 radical (unpaired) electrons. The summed E-state index contributed by atoms with van der Waals surface area (Å²) in [6.07, 6.45) is 0. The SMILES string of the molecule is O=C1C(Nc2ccc3c(c2)OCCO3)=C(c2ccc(Cl)cc2)C(=O)N1c1ccccc1F. The van der Waals surface area contributed by atoms with Crippen molar-refractivity contribution in [3.8, 4) is 11.5 Å². The zero-order chi connectivity index (χ0) is 22.2. The van der Waals surface area contributed by atoms with E-state index in [1.54, 1.807) is 48.5 Å². The fourth-order valence-electron chi connectivity index (χ4n) is 3.65. The highest BCUT2D eigenvalue weighted by Gasteiger charge is 2.41. The third kappa shape index (κ3) is 3.46. The molecular formula is C24H16ClFN2O4. The van der Waals surface area contributed by atoms with Crippen molar-refractivity contribution < 1.29 is 23.5 Å². The molecule has 3 aromatic rings. The Hall–Kier alpha value is -3.84. The van der Waals surface area contributed by atoms with Crippen molar-refractivity contribution in [2.75, 3.05) is 23.4 Å². The Morgan fingerprint density at radius 1 is 0.875 bits per heavy atom. The summed E-state index contributed by atoms with van der Waals surface area (Å²) in [5.74, 6) is -0.860. The van der Waals surface area contributed by atoms with Crippen molar-refractivity contribution in [3.63, 3.8) is 0 Å². The number of benzene rings is 3. The van der Waals surface area contributed by atoms with E-state index in [0.29, 0.717) is 41.0 Å². The Labute approximate surface area is 187 Å². The number of fused-ring (bicyclic) bond motifs is 1. The average Bonchev–Trinajstić information content (AvgIpc) is 3.04. The predicted octanol–water partition coefficient (Wildman–Crippen LogP) is 4.65. The van der Waals surface area contributed by atoms with E-state index in [2.05, 4.69) is 5.32 Å². The molecule has 3 aromatic carbocycles. The molecule has 0 aliphatic carbocycles. The van der Waals surface area contributed by atoms with Crippen molar-refractivity contribution in [2.24, 2.45) is 0 Å². The minimum atomic E-state index is -0.676. The van der Waals surface area contributed by atoms with E-state index >= 15 is 0 Å². The summed E-state index contributed by atoms with van der Waals surface area (Å²) in [4.78, 5) is 27.5. The molecule has 0 aromatic heterocycles. The van der Waals surface area contributed by atoms with Gasteiger partial charge in [0.1, 0.15) is 24.7 Å². The number of nitrogens with zero attached hydrogens (tertiary/aromatic N) is 1. The van der Waals surface area contributed by atoms with Crippen LogP contribution in [0.2, 0.25) is 5.02 Å². The molecule has 2 heterocycles. The van der Waals surface area contributed by atoms with Gasteiger partial charge in [-0.15, -0.1) is 0 Å². The van der Waals surface area contributed by atoms with Crippen molar-refractivity contribution in [1.82, 2.24) is 0 Å². The van der Waals surface area contributed by atoms with E-state index in [0.717, 1.165) is 4.90 Å². The molecule has 32 heavy (non-hydrogen) atoms. The molecule has 0 saturated heterocycles. The Kier molecular flexibility index (Phi) is 5.03. The second-order valence-electron chi connectivity index (χ2n) is 7.14. The molecule has 0 spiro atoms. The topological polar surface area (TPSA) is 67.9 Å². The van der Waals surface area contributed by atoms with Gasteiger partial charge in [0, 0.05) is 16.8 Å². The summed E-state index contributed by atoms with van der Waals surface area (Å²) in [7, 11) is 0. The summed E-state index contributed by atoms with van der Waals surface area (Å²) in [6.45, 7) is 0.865. The highest BCUT2D eigenvalue weighted by Crippen LogP contribution is 2.37. The molecule has 0 bridgehead atoms. The van der Waals surface area contributed by atoms with Gasteiger partial charge in [0.2, 0.25) is 0 Å². The normalized spacial score (nSPS) is 15.4. The summed E-state index contributed by atoms with van der Waals surface area (Å²) in [5, 5.41) is 3.51. The van der Waals surface area contributed by atoms with Gasteiger partial charge < -0.3 is 14.8 Å². The van der Waals surface area contributed by atoms with Gasteiger partial charge in [-0.05, 0) is 42.0 Å². The van der Waals surface area contributed by atoms with Gasteiger partial charge in [-0.25, -0.2) is 9.29 Å². The maximum absolute atomic E-state index is 14.5. The number of hydrogen-bond donors (Lipinski definition) is 1. The Balaban J connectivity index is 1.60. The van der Waals surface area contributed by atoms with Crippen molar-refractivity contribution in [2.45, 2.75) is 0 Å². The lowest BCUT2D eigenvalue weighted by Crippen LogP contribution is -2.33. The number of rotatable bonds is 4. The predicted molar refractivity (Wildman–Crippen MR) is 118 cm³/mol. The summed E-state index contributed by atoms with van der Waals surface area (Å²) in [6, 6.07) is 17.3. The second-order valence-corrected chi connectivity index (χ2v) is 7.57. The first-order valence-electron chi connectivity index (χ1n) is 9.83. The molecule has 2 aliphatic rings. The van der Waals surface area contributed by atoms with Gasteiger partial charge in [-0.1, -0.05) is 35.9 Å². The van der Waals surface area contributed by atoms with Crippen LogP contribution in [-0.2, 0) is 9.59 Å². The van der Waals surface area contributed by atoms with Crippen LogP contribution >= 0.6 is 11.6 Å².